The lowest BCUT2D eigenvalue weighted by Gasteiger charge is -2.11. The molecule has 3 heteroatoms. The maximum atomic E-state index is 3.62. The second kappa shape index (κ2) is 7.03. The highest BCUT2D eigenvalue weighted by atomic mass is 32.1. The van der Waals surface area contributed by atoms with Gasteiger partial charge < -0.3 is 5.32 Å². The summed E-state index contributed by atoms with van der Waals surface area (Å²) in [5.41, 5.74) is 2.73. The van der Waals surface area contributed by atoms with Gasteiger partial charge >= 0.3 is 0 Å². The van der Waals surface area contributed by atoms with Gasteiger partial charge in [-0.3, -0.25) is 0 Å². The van der Waals surface area contributed by atoms with E-state index in [1.807, 2.05) is 11.3 Å². The molecule has 108 valence electrons. The van der Waals surface area contributed by atoms with Gasteiger partial charge in [-0.25, -0.2) is 0 Å². The molecule has 0 aliphatic rings. The first-order valence-corrected chi connectivity index (χ1v) is 8.96. The Balaban J connectivity index is 1.55. The Hall–Kier alpha value is -1.42. The van der Waals surface area contributed by atoms with Gasteiger partial charge in [-0.1, -0.05) is 30.3 Å². The minimum atomic E-state index is 0.502. The second-order valence-electron chi connectivity index (χ2n) is 5.25. The molecular weight excluding hydrogens is 294 g/mol. The molecule has 1 nitrogen and oxygen atoms in total. The van der Waals surface area contributed by atoms with E-state index in [0.29, 0.717) is 6.04 Å². The van der Waals surface area contributed by atoms with Crippen LogP contribution in [0.1, 0.15) is 17.4 Å². The maximum absolute atomic E-state index is 3.62. The largest absolute Gasteiger partial charge is 0.309 e. The zero-order valence-electron chi connectivity index (χ0n) is 12.1. The van der Waals surface area contributed by atoms with Crippen molar-refractivity contribution in [2.45, 2.75) is 25.9 Å². The summed E-state index contributed by atoms with van der Waals surface area (Å²) in [6.45, 7) is 3.20. The van der Waals surface area contributed by atoms with Crippen LogP contribution >= 0.6 is 22.7 Å². The molecule has 1 unspecified atom stereocenters. The quantitative estimate of drug-likeness (QED) is 0.660. The molecule has 0 aliphatic heterocycles. The smallest absolute Gasteiger partial charge is 0.0346 e. The summed E-state index contributed by atoms with van der Waals surface area (Å²) in [4.78, 5) is 2.74. The lowest BCUT2D eigenvalue weighted by atomic mass is 10.1. The Kier molecular flexibility index (Phi) is 4.86. The van der Waals surface area contributed by atoms with E-state index in [9.17, 15) is 0 Å². The fourth-order valence-corrected chi connectivity index (χ4v) is 3.99. The Bertz CT molecular complexity index is 656. The number of thiophene rings is 2. The van der Waals surface area contributed by atoms with Crippen LogP contribution in [0, 0.1) is 0 Å². The van der Waals surface area contributed by atoms with Crippen molar-refractivity contribution in [1.29, 1.82) is 0 Å². The zero-order valence-corrected chi connectivity index (χ0v) is 13.7. The lowest BCUT2D eigenvalue weighted by Crippen LogP contribution is -2.26. The average Bonchev–Trinajstić information content (AvgIpc) is 3.17. The summed E-state index contributed by atoms with van der Waals surface area (Å²) < 4.78 is 0. The van der Waals surface area contributed by atoms with Crippen LogP contribution in [0.15, 0.2) is 59.3 Å². The van der Waals surface area contributed by atoms with Crippen LogP contribution in [0.3, 0.4) is 0 Å². The number of hydrogen-bond acceptors (Lipinski definition) is 3. The van der Waals surface area contributed by atoms with Crippen LogP contribution in [-0.2, 0) is 13.0 Å². The Labute approximate surface area is 134 Å². The molecule has 0 aliphatic carbocycles. The minimum Gasteiger partial charge on any atom is -0.309 e. The molecule has 3 aromatic rings. The summed E-state index contributed by atoms with van der Waals surface area (Å²) >= 11 is 3.65. The SMILES string of the molecule is CC(Cc1ccsc1)NCc1ccc(-c2ccccc2)s1. The van der Waals surface area contributed by atoms with Crippen molar-refractivity contribution in [3.63, 3.8) is 0 Å². The molecule has 0 saturated heterocycles. The maximum Gasteiger partial charge on any atom is 0.0346 e. The third kappa shape index (κ3) is 4.03. The van der Waals surface area contributed by atoms with Gasteiger partial charge in [0.25, 0.3) is 0 Å². The molecule has 0 bridgehead atoms. The number of benzene rings is 1. The first kappa shape index (κ1) is 14.5. The van der Waals surface area contributed by atoms with E-state index in [4.69, 9.17) is 0 Å². The van der Waals surface area contributed by atoms with Gasteiger partial charge in [0.15, 0.2) is 0 Å². The van der Waals surface area contributed by atoms with Crippen molar-refractivity contribution in [2.75, 3.05) is 0 Å². The van der Waals surface area contributed by atoms with Gasteiger partial charge in [0.2, 0.25) is 0 Å². The molecule has 2 aromatic heterocycles. The van der Waals surface area contributed by atoms with Gasteiger partial charge in [-0.15, -0.1) is 11.3 Å². The highest BCUT2D eigenvalue weighted by molar-refractivity contribution is 7.15. The molecule has 0 radical (unpaired) electrons. The van der Waals surface area contributed by atoms with Gasteiger partial charge in [-0.05, 0) is 53.4 Å². The van der Waals surface area contributed by atoms with E-state index in [2.05, 4.69) is 71.5 Å². The summed E-state index contributed by atoms with van der Waals surface area (Å²) in [5.74, 6) is 0. The molecule has 1 atom stereocenters. The Morgan fingerprint density at radius 2 is 1.90 bits per heavy atom. The van der Waals surface area contributed by atoms with Crippen molar-refractivity contribution in [2.24, 2.45) is 0 Å². The van der Waals surface area contributed by atoms with Crippen LogP contribution in [0.4, 0.5) is 0 Å². The number of rotatable bonds is 6. The third-order valence-electron chi connectivity index (χ3n) is 3.47. The van der Waals surface area contributed by atoms with E-state index in [1.54, 1.807) is 11.3 Å². The summed E-state index contributed by atoms with van der Waals surface area (Å²) in [6.07, 6.45) is 1.10. The van der Waals surface area contributed by atoms with Crippen LogP contribution in [0.2, 0.25) is 0 Å². The van der Waals surface area contributed by atoms with E-state index in [-0.39, 0.29) is 0 Å². The second-order valence-corrected chi connectivity index (χ2v) is 7.20. The molecule has 3 rings (SSSR count). The standard InChI is InChI=1S/C18H19NS2/c1-14(11-15-9-10-20-13-15)19-12-17-7-8-18(21-17)16-5-3-2-4-6-16/h2-10,13-14,19H,11-12H2,1H3. The molecule has 0 fully saturated rings. The molecule has 1 N–H and O–H groups in total. The molecule has 0 amide bonds. The first-order chi connectivity index (χ1) is 10.3. The minimum absolute atomic E-state index is 0.502. The van der Waals surface area contributed by atoms with Crippen LogP contribution in [0.25, 0.3) is 10.4 Å². The van der Waals surface area contributed by atoms with Crippen molar-refractivity contribution in [3.05, 3.63) is 69.7 Å². The summed E-state index contributed by atoms with van der Waals surface area (Å²) in [6, 6.07) is 17.8. The molecule has 0 spiro atoms. The van der Waals surface area contributed by atoms with Crippen LogP contribution in [-0.4, -0.2) is 6.04 Å². The molecule has 1 aromatic carbocycles. The van der Waals surface area contributed by atoms with Gasteiger partial charge in [-0.2, -0.15) is 11.3 Å². The van der Waals surface area contributed by atoms with Gasteiger partial charge in [0.05, 0.1) is 0 Å². The average molecular weight is 313 g/mol. The summed E-state index contributed by atoms with van der Waals surface area (Å²) in [5, 5.41) is 8.00. The molecular formula is C18H19NS2. The Morgan fingerprint density at radius 1 is 1.05 bits per heavy atom. The van der Waals surface area contributed by atoms with Gasteiger partial charge in [0, 0.05) is 22.3 Å². The van der Waals surface area contributed by atoms with E-state index in [0.717, 1.165) is 13.0 Å². The molecule has 2 heterocycles. The molecule has 0 saturated carbocycles. The first-order valence-electron chi connectivity index (χ1n) is 7.20. The fourth-order valence-electron chi connectivity index (χ4n) is 2.34. The van der Waals surface area contributed by atoms with Crippen LogP contribution < -0.4 is 5.32 Å². The van der Waals surface area contributed by atoms with Crippen molar-refractivity contribution in [3.8, 4) is 10.4 Å². The third-order valence-corrected chi connectivity index (χ3v) is 5.33. The lowest BCUT2D eigenvalue weighted by molar-refractivity contribution is 0.549. The highest BCUT2D eigenvalue weighted by Crippen LogP contribution is 2.27. The van der Waals surface area contributed by atoms with Gasteiger partial charge in [0.1, 0.15) is 0 Å². The van der Waals surface area contributed by atoms with Crippen molar-refractivity contribution < 1.29 is 0 Å². The normalized spacial score (nSPS) is 12.4. The Morgan fingerprint density at radius 3 is 2.67 bits per heavy atom. The highest BCUT2D eigenvalue weighted by Gasteiger charge is 2.06. The topological polar surface area (TPSA) is 12.0 Å². The van der Waals surface area contributed by atoms with Crippen molar-refractivity contribution >= 4 is 22.7 Å². The van der Waals surface area contributed by atoms with E-state index < -0.39 is 0 Å². The number of hydrogen-bond donors (Lipinski definition) is 1. The summed E-state index contributed by atoms with van der Waals surface area (Å²) in [7, 11) is 0. The predicted molar refractivity (Wildman–Crippen MR) is 94.1 cm³/mol. The van der Waals surface area contributed by atoms with E-state index >= 15 is 0 Å². The molecule has 21 heavy (non-hydrogen) atoms. The number of nitrogens with one attached hydrogen (secondary N) is 1. The van der Waals surface area contributed by atoms with Crippen LogP contribution in [0.5, 0.6) is 0 Å². The predicted octanol–water partition coefficient (Wildman–Crippen LogP) is 5.20. The van der Waals surface area contributed by atoms with Crippen molar-refractivity contribution in [1.82, 2.24) is 5.32 Å². The fraction of sp³-hybridized carbons (Fsp3) is 0.222. The zero-order chi connectivity index (χ0) is 14.5. The van der Waals surface area contributed by atoms with E-state index in [1.165, 1.54) is 20.9 Å². The monoisotopic (exact) mass is 313 g/mol.